The molecule has 1 heterocycles. The van der Waals surface area contributed by atoms with E-state index in [9.17, 15) is 9.59 Å². The predicted octanol–water partition coefficient (Wildman–Crippen LogP) is 4.26. The number of benzene rings is 2. The molecule has 9 heteroatoms. The molecule has 3 aromatic rings. The second-order valence-electron chi connectivity index (χ2n) is 6.34. The fourth-order valence-corrected chi connectivity index (χ4v) is 3.41. The van der Waals surface area contributed by atoms with Crippen LogP contribution < -0.4 is 24.3 Å². The van der Waals surface area contributed by atoms with Gasteiger partial charge in [0.25, 0.3) is 5.91 Å². The molecule has 0 saturated heterocycles. The zero-order chi connectivity index (χ0) is 22.9. The van der Waals surface area contributed by atoms with Crippen molar-refractivity contribution in [3.63, 3.8) is 0 Å². The standard InChI is InChI=1S/C23H23NO7S/c1-27-15-6-8-16(9-7-15)30-10-11-31-23(26)17-13-19(28-2)20(29-3)14-18(17)24-22(25)21-5-4-12-32-21/h4-9,12-14H,10-11H2,1-3H3,(H,24,25). The van der Waals surface area contributed by atoms with Crippen molar-refractivity contribution in [2.75, 3.05) is 39.9 Å². The summed E-state index contributed by atoms with van der Waals surface area (Å²) in [5.41, 5.74) is 0.388. The van der Waals surface area contributed by atoms with Crippen LogP contribution in [-0.2, 0) is 4.74 Å². The molecule has 3 rings (SSSR count). The average molecular weight is 458 g/mol. The first-order valence-corrected chi connectivity index (χ1v) is 10.5. The van der Waals surface area contributed by atoms with Crippen molar-refractivity contribution < 1.29 is 33.3 Å². The maximum absolute atomic E-state index is 12.8. The third kappa shape index (κ3) is 5.70. The van der Waals surface area contributed by atoms with Crippen LogP contribution in [0.1, 0.15) is 20.0 Å². The smallest absolute Gasteiger partial charge is 0.340 e. The van der Waals surface area contributed by atoms with Crippen LogP contribution in [0.25, 0.3) is 0 Å². The van der Waals surface area contributed by atoms with Crippen molar-refractivity contribution in [1.29, 1.82) is 0 Å². The molecule has 0 saturated carbocycles. The van der Waals surface area contributed by atoms with E-state index in [1.165, 1.54) is 37.7 Å². The van der Waals surface area contributed by atoms with Crippen molar-refractivity contribution in [1.82, 2.24) is 0 Å². The number of methoxy groups -OCH3 is 3. The summed E-state index contributed by atoms with van der Waals surface area (Å²) < 4.78 is 26.6. The SMILES string of the molecule is COc1ccc(OCCOC(=O)c2cc(OC)c(OC)cc2NC(=O)c2cccs2)cc1. The molecule has 8 nitrogen and oxygen atoms in total. The number of hydrogen-bond donors (Lipinski definition) is 1. The number of esters is 1. The summed E-state index contributed by atoms with van der Waals surface area (Å²) in [7, 11) is 4.51. The van der Waals surface area contributed by atoms with Crippen molar-refractivity contribution in [3.8, 4) is 23.0 Å². The van der Waals surface area contributed by atoms with Gasteiger partial charge in [-0.2, -0.15) is 0 Å². The van der Waals surface area contributed by atoms with Crippen LogP contribution in [0.4, 0.5) is 5.69 Å². The van der Waals surface area contributed by atoms with Gasteiger partial charge in [0, 0.05) is 12.1 Å². The van der Waals surface area contributed by atoms with Crippen molar-refractivity contribution in [2.45, 2.75) is 0 Å². The molecular formula is C23H23NO7S. The number of ether oxygens (including phenoxy) is 5. The number of carbonyl (C=O) groups is 2. The minimum absolute atomic E-state index is 0.0114. The van der Waals surface area contributed by atoms with E-state index < -0.39 is 5.97 Å². The Balaban J connectivity index is 1.69. The van der Waals surface area contributed by atoms with Crippen LogP contribution in [0.2, 0.25) is 0 Å². The number of rotatable bonds is 10. The number of hydrogen-bond acceptors (Lipinski definition) is 8. The molecule has 0 atom stereocenters. The topological polar surface area (TPSA) is 92.3 Å². The first-order valence-electron chi connectivity index (χ1n) is 9.60. The molecule has 168 valence electrons. The van der Waals surface area contributed by atoms with Gasteiger partial charge in [-0.15, -0.1) is 11.3 Å². The molecule has 1 amide bonds. The van der Waals surface area contributed by atoms with E-state index in [2.05, 4.69) is 5.32 Å². The summed E-state index contributed by atoms with van der Waals surface area (Å²) in [6.07, 6.45) is 0. The van der Waals surface area contributed by atoms with Gasteiger partial charge in [0.1, 0.15) is 24.7 Å². The highest BCUT2D eigenvalue weighted by Gasteiger charge is 2.20. The minimum Gasteiger partial charge on any atom is -0.497 e. The van der Waals surface area contributed by atoms with E-state index in [-0.39, 0.29) is 30.4 Å². The number of amides is 1. The lowest BCUT2D eigenvalue weighted by Crippen LogP contribution is -2.17. The molecule has 0 spiro atoms. The van der Waals surface area contributed by atoms with E-state index in [1.54, 1.807) is 48.9 Å². The second kappa shape index (κ2) is 11.1. The number of carbonyl (C=O) groups excluding carboxylic acids is 2. The Bertz CT molecular complexity index is 1050. The Morgan fingerprint density at radius 3 is 2.19 bits per heavy atom. The molecule has 1 N–H and O–H groups in total. The molecule has 0 unspecified atom stereocenters. The molecule has 0 aliphatic heterocycles. The lowest BCUT2D eigenvalue weighted by Gasteiger charge is -2.15. The van der Waals surface area contributed by atoms with Gasteiger partial charge in [0.2, 0.25) is 0 Å². The monoisotopic (exact) mass is 457 g/mol. The zero-order valence-electron chi connectivity index (χ0n) is 17.9. The number of anilines is 1. The summed E-state index contributed by atoms with van der Waals surface area (Å²) in [4.78, 5) is 25.8. The maximum Gasteiger partial charge on any atom is 0.340 e. The summed E-state index contributed by atoms with van der Waals surface area (Å²) in [5, 5.41) is 4.53. The van der Waals surface area contributed by atoms with Gasteiger partial charge in [0.15, 0.2) is 11.5 Å². The van der Waals surface area contributed by atoms with E-state index in [4.69, 9.17) is 23.7 Å². The molecule has 0 aliphatic carbocycles. The van der Waals surface area contributed by atoms with Gasteiger partial charge in [-0.05, 0) is 35.7 Å². The molecular weight excluding hydrogens is 434 g/mol. The Morgan fingerprint density at radius 1 is 0.875 bits per heavy atom. The quantitative estimate of drug-likeness (QED) is 0.359. The van der Waals surface area contributed by atoms with Crippen LogP contribution in [0.3, 0.4) is 0 Å². The van der Waals surface area contributed by atoms with Gasteiger partial charge < -0.3 is 29.0 Å². The summed E-state index contributed by atoms with van der Waals surface area (Å²) >= 11 is 1.29. The Kier molecular flexibility index (Phi) is 7.93. The highest BCUT2D eigenvalue weighted by molar-refractivity contribution is 7.12. The zero-order valence-corrected chi connectivity index (χ0v) is 18.7. The van der Waals surface area contributed by atoms with Crippen LogP contribution in [0.5, 0.6) is 23.0 Å². The van der Waals surface area contributed by atoms with Crippen LogP contribution >= 0.6 is 11.3 Å². The van der Waals surface area contributed by atoms with E-state index >= 15 is 0 Å². The molecule has 0 radical (unpaired) electrons. The van der Waals surface area contributed by atoms with Crippen molar-refractivity contribution in [2.24, 2.45) is 0 Å². The summed E-state index contributed by atoms with van der Waals surface area (Å²) in [6, 6.07) is 13.5. The highest BCUT2D eigenvalue weighted by Crippen LogP contribution is 2.34. The lowest BCUT2D eigenvalue weighted by atomic mass is 10.1. The van der Waals surface area contributed by atoms with Crippen molar-refractivity contribution >= 4 is 28.9 Å². The van der Waals surface area contributed by atoms with E-state index in [1.807, 2.05) is 0 Å². The summed E-state index contributed by atoms with van der Waals surface area (Å²) in [5.74, 6) is 1.07. The normalized spacial score (nSPS) is 10.2. The largest absolute Gasteiger partial charge is 0.497 e. The van der Waals surface area contributed by atoms with Gasteiger partial charge >= 0.3 is 5.97 Å². The van der Waals surface area contributed by atoms with Gasteiger partial charge in [-0.3, -0.25) is 4.79 Å². The third-order valence-corrected chi connectivity index (χ3v) is 5.25. The Morgan fingerprint density at radius 2 is 1.56 bits per heavy atom. The molecule has 2 aromatic carbocycles. The van der Waals surface area contributed by atoms with Gasteiger partial charge in [0.05, 0.1) is 37.5 Å². The van der Waals surface area contributed by atoms with Gasteiger partial charge in [-0.1, -0.05) is 6.07 Å². The lowest BCUT2D eigenvalue weighted by molar-refractivity contribution is 0.0451. The average Bonchev–Trinajstić information content (AvgIpc) is 3.37. The number of thiophene rings is 1. The third-order valence-electron chi connectivity index (χ3n) is 4.38. The first kappa shape index (κ1) is 23.0. The van der Waals surface area contributed by atoms with Crippen LogP contribution in [0.15, 0.2) is 53.9 Å². The second-order valence-corrected chi connectivity index (χ2v) is 7.29. The van der Waals surface area contributed by atoms with E-state index in [0.717, 1.165) is 0 Å². The molecule has 0 aliphatic rings. The van der Waals surface area contributed by atoms with Crippen LogP contribution in [-0.4, -0.2) is 46.4 Å². The molecule has 1 aromatic heterocycles. The number of nitrogens with one attached hydrogen (secondary N) is 1. The minimum atomic E-state index is -0.634. The van der Waals surface area contributed by atoms with E-state index in [0.29, 0.717) is 27.9 Å². The Hall–Kier alpha value is -3.72. The fourth-order valence-electron chi connectivity index (χ4n) is 2.79. The predicted molar refractivity (Wildman–Crippen MR) is 121 cm³/mol. The fraction of sp³-hybridized carbons (Fsp3) is 0.217. The molecule has 32 heavy (non-hydrogen) atoms. The van der Waals surface area contributed by atoms with Gasteiger partial charge in [-0.25, -0.2) is 4.79 Å². The van der Waals surface area contributed by atoms with Crippen molar-refractivity contribution in [3.05, 3.63) is 64.4 Å². The summed E-state index contributed by atoms with van der Waals surface area (Å²) in [6.45, 7) is 0.166. The molecule has 0 bridgehead atoms. The van der Waals surface area contributed by atoms with Crippen LogP contribution in [0, 0.1) is 0 Å². The highest BCUT2D eigenvalue weighted by atomic mass is 32.1. The molecule has 0 fully saturated rings. The maximum atomic E-state index is 12.8. The first-order chi connectivity index (χ1) is 15.5. The Labute approximate surface area is 189 Å².